The van der Waals surface area contributed by atoms with Crippen molar-refractivity contribution < 1.29 is 5.11 Å². The Bertz CT molecular complexity index is 551. The van der Waals surface area contributed by atoms with Crippen LogP contribution in [0.2, 0.25) is 0 Å². The third kappa shape index (κ3) is 3.25. The first-order valence-corrected chi connectivity index (χ1v) is 6.68. The zero-order valence-corrected chi connectivity index (χ0v) is 11.9. The zero-order chi connectivity index (χ0) is 13.8. The van der Waals surface area contributed by atoms with E-state index in [-0.39, 0.29) is 6.04 Å². The van der Waals surface area contributed by atoms with Gasteiger partial charge in [-0.25, -0.2) is 0 Å². The topological polar surface area (TPSA) is 35.5 Å². The Balaban J connectivity index is 2.18. The number of hydrogen-bond acceptors (Lipinski definition) is 3. The maximum absolute atomic E-state index is 10.4. The lowest BCUT2D eigenvalue weighted by atomic mass is 10.0. The van der Waals surface area contributed by atoms with Gasteiger partial charge in [0.15, 0.2) is 0 Å². The molecule has 0 aliphatic heterocycles. The number of nitrogens with one attached hydrogen (secondary N) is 1. The summed E-state index contributed by atoms with van der Waals surface area (Å²) in [5.41, 5.74) is 0.956. The standard InChI is InChI=1S/C16H22N2O/c1-12(17-10-11-18(2)3)14-9-8-13-6-4-5-7-15(13)16(14)19/h4-9,12,17,19H,10-11H2,1-3H3. The average Bonchev–Trinajstić information content (AvgIpc) is 2.39. The van der Waals surface area contributed by atoms with Crippen LogP contribution in [-0.2, 0) is 0 Å². The van der Waals surface area contributed by atoms with Gasteiger partial charge in [-0.2, -0.15) is 0 Å². The van der Waals surface area contributed by atoms with Crippen LogP contribution >= 0.6 is 0 Å². The highest BCUT2D eigenvalue weighted by molar-refractivity contribution is 5.89. The summed E-state index contributed by atoms with van der Waals surface area (Å²) in [5.74, 6) is 0.392. The zero-order valence-electron chi connectivity index (χ0n) is 11.9. The SMILES string of the molecule is CC(NCCN(C)C)c1ccc2ccccc2c1O. The molecule has 0 heterocycles. The highest BCUT2D eigenvalue weighted by Gasteiger charge is 2.12. The van der Waals surface area contributed by atoms with E-state index in [0.717, 1.165) is 29.4 Å². The van der Waals surface area contributed by atoms with Crippen molar-refractivity contribution in [1.82, 2.24) is 10.2 Å². The predicted octanol–water partition coefficient (Wildman–Crippen LogP) is 2.76. The molecule has 0 radical (unpaired) electrons. The van der Waals surface area contributed by atoms with E-state index in [1.165, 1.54) is 0 Å². The molecule has 0 saturated heterocycles. The third-order valence-electron chi connectivity index (χ3n) is 3.41. The van der Waals surface area contributed by atoms with Gasteiger partial charge in [-0.3, -0.25) is 0 Å². The van der Waals surface area contributed by atoms with Crippen molar-refractivity contribution in [2.45, 2.75) is 13.0 Å². The van der Waals surface area contributed by atoms with Gasteiger partial charge in [0, 0.05) is 30.1 Å². The van der Waals surface area contributed by atoms with Gasteiger partial charge in [0.2, 0.25) is 0 Å². The highest BCUT2D eigenvalue weighted by atomic mass is 16.3. The fourth-order valence-electron chi connectivity index (χ4n) is 2.24. The summed E-state index contributed by atoms with van der Waals surface area (Å²) in [4.78, 5) is 2.14. The quantitative estimate of drug-likeness (QED) is 0.865. The van der Waals surface area contributed by atoms with Crippen LogP contribution in [0.25, 0.3) is 10.8 Å². The lowest BCUT2D eigenvalue weighted by molar-refractivity contribution is 0.386. The van der Waals surface area contributed by atoms with Crippen molar-refractivity contribution in [2.75, 3.05) is 27.2 Å². The van der Waals surface area contributed by atoms with E-state index in [0.29, 0.717) is 5.75 Å². The van der Waals surface area contributed by atoms with Gasteiger partial charge in [0.05, 0.1) is 0 Å². The molecule has 102 valence electrons. The number of fused-ring (bicyclic) bond motifs is 1. The summed E-state index contributed by atoms with van der Waals surface area (Å²) in [7, 11) is 4.11. The van der Waals surface area contributed by atoms with Crippen LogP contribution in [-0.4, -0.2) is 37.2 Å². The van der Waals surface area contributed by atoms with Gasteiger partial charge in [-0.05, 0) is 26.4 Å². The van der Waals surface area contributed by atoms with Crippen molar-refractivity contribution in [2.24, 2.45) is 0 Å². The molecule has 2 N–H and O–H groups in total. The molecular weight excluding hydrogens is 236 g/mol. The Morgan fingerprint density at radius 2 is 1.89 bits per heavy atom. The maximum atomic E-state index is 10.4. The molecule has 2 aromatic carbocycles. The molecule has 3 heteroatoms. The molecule has 0 amide bonds. The van der Waals surface area contributed by atoms with Gasteiger partial charge in [0.1, 0.15) is 5.75 Å². The lowest BCUT2D eigenvalue weighted by Crippen LogP contribution is -2.28. The fraction of sp³-hybridized carbons (Fsp3) is 0.375. The number of phenols is 1. The van der Waals surface area contributed by atoms with E-state index in [4.69, 9.17) is 0 Å². The molecule has 0 bridgehead atoms. The van der Waals surface area contributed by atoms with Crippen LogP contribution in [0, 0.1) is 0 Å². The van der Waals surface area contributed by atoms with E-state index < -0.39 is 0 Å². The molecule has 2 rings (SSSR count). The largest absolute Gasteiger partial charge is 0.507 e. The summed E-state index contributed by atoms with van der Waals surface area (Å²) in [6, 6.07) is 12.1. The summed E-state index contributed by atoms with van der Waals surface area (Å²) < 4.78 is 0. The molecule has 1 unspecified atom stereocenters. The van der Waals surface area contributed by atoms with E-state index in [9.17, 15) is 5.11 Å². The Morgan fingerprint density at radius 1 is 1.16 bits per heavy atom. The maximum Gasteiger partial charge on any atom is 0.128 e. The first-order chi connectivity index (χ1) is 9.09. The minimum atomic E-state index is 0.143. The van der Waals surface area contributed by atoms with E-state index >= 15 is 0 Å². The highest BCUT2D eigenvalue weighted by Crippen LogP contribution is 2.32. The van der Waals surface area contributed by atoms with Crippen LogP contribution in [0.3, 0.4) is 0 Å². The molecule has 0 fully saturated rings. The molecule has 19 heavy (non-hydrogen) atoms. The van der Waals surface area contributed by atoms with Crippen molar-refractivity contribution in [3.8, 4) is 5.75 Å². The van der Waals surface area contributed by atoms with E-state index in [2.05, 4.69) is 37.3 Å². The van der Waals surface area contributed by atoms with E-state index in [1.807, 2.05) is 30.3 Å². The molecule has 0 aliphatic carbocycles. The average molecular weight is 258 g/mol. The van der Waals surface area contributed by atoms with Crippen LogP contribution < -0.4 is 5.32 Å². The first-order valence-electron chi connectivity index (χ1n) is 6.68. The number of likely N-dealkylation sites (N-methyl/N-ethyl adjacent to an activating group) is 1. The van der Waals surface area contributed by atoms with Gasteiger partial charge in [0.25, 0.3) is 0 Å². The van der Waals surface area contributed by atoms with Crippen molar-refractivity contribution >= 4 is 10.8 Å². The Kier molecular flexibility index (Phi) is 4.40. The number of hydrogen-bond donors (Lipinski definition) is 2. The second kappa shape index (κ2) is 6.04. The molecule has 1 atom stereocenters. The summed E-state index contributed by atoms with van der Waals surface area (Å²) >= 11 is 0. The lowest BCUT2D eigenvalue weighted by Gasteiger charge is -2.18. The Labute approximate surface area is 114 Å². The molecule has 3 nitrogen and oxygen atoms in total. The molecule has 0 saturated carbocycles. The van der Waals surface area contributed by atoms with Crippen LogP contribution in [0.5, 0.6) is 5.75 Å². The Morgan fingerprint density at radius 3 is 2.63 bits per heavy atom. The second-order valence-corrected chi connectivity index (χ2v) is 5.20. The second-order valence-electron chi connectivity index (χ2n) is 5.20. The minimum Gasteiger partial charge on any atom is -0.507 e. The van der Waals surface area contributed by atoms with Crippen molar-refractivity contribution in [3.63, 3.8) is 0 Å². The van der Waals surface area contributed by atoms with Crippen LogP contribution in [0.15, 0.2) is 36.4 Å². The molecule has 0 aliphatic rings. The Hall–Kier alpha value is -1.58. The number of aromatic hydroxyl groups is 1. The smallest absolute Gasteiger partial charge is 0.128 e. The summed E-state index contributed by atoms with van der Waals surface area (Å²) in [6.45, 7) is 3.97. The third-order valence-corrected chi connectivity index (χ3v) is 3.41. The molecule has 2 aromatic rings. The summed E-state index contributed by atoms with van der Waals surface area (Å²) in [5, 5.41) is 15.8. The van der Waals surface area contributed by atoms with Gasteiger partial charge in [-0.1, -0.05) is 36.4 Å². The summed E-state index contributed by atoms with van der Waals surface area (Å²) in [6.07, 6.45) is 0. The number of phenolic OH excluding ortho intramolecular Hbond substituents is 1. The van der Waals surface area contributed by atoms with Gasteiger partial charge >= 0.3 is 0 Å². The number of benzene rings is 2. The first kappa shape index (κ1) is 13.8. The van der Waals surface area contributed by atoms with Crippen LogP contribution in [0.1, 0.15) is 18.5 Å². The van der Waals surface area contributed by atoms with E-state index in [1.54, 1.807) is 0 Å². The molecule has 0 aromatic heterocycles. The number of rotatable bonds is 5. The molecule has 0 spiro atoms. The molecular formula is C16H22N2O. The predicted molar refractivity (Wildman–Crippen MR) is 80.6 cm³/mol. The van der Waals surface area contributed by atoms with Crippen molar-refractivity contribution in [3.05, 3.63) is 42.0 Å². The monoisotopic (exact) mass is 258 g/mol. The van der Waals surface area contributed by atoms with Gasteiger partial charge in [-0.15, -0.1) is 0 Å². The van der Waals surface area contributed by atoms with Crippen LogP contribution in [0.4, 0.5) is 0 Å². The van der Waals surface area contributed by atoms with Gasteiger partial charge < -0.3 is 15.3 Å². The van der Waals surface area contributed by atoms with Crippen molar-refractivity contribution in [1.29, 1.82) is 0 Å². The normalized spacial score (nSPS) is 13.1. The number of nitrogens with zero attached hydrogens (tertiary/aromatic N) is 1. The fourth-order valence-corrected chi connectivity index (χ4v) is 2.24. The minimum absolute atomic E-state index is 0.143.